The van der Waals surface area contributed by atoms with Crippen molar-refractivity contribution in [1.29, 1.82) is 0 Å². The second-order valence-electron chi connectivity index (χ2n) is 12.2. The Balaban J connectivity index is 1.88. The van der Waals surface area contributed by atoms with E-state index in [0.29, 0.717) is 0 Å². The number of hydrogen-bond donors (Lipinski definition) is 0. The molecule has 0 spiro atoms. The smallest absolute Gasteiger partial charge is 0.137 e. The van der Waals surface area contributed by atoms with Crippen LogP contribution in [0.4, 0.5) is 5.69 Å². The van der Waals surface area contributed by atoms with Gasteiger partial charge in [-0.15, -0.1) is 0 Å². The van der Waals surface area contributed by atoms with Gasteiger partial charge in [-0.05, 0) is 56.8 Å². The predicted molar refractivity (Wildman–Crippen MR) is 156 cm³/mol. The van der Waals surface area contributed by atoms with Gasteiger partial charge in [-0.1, -0.05) is 102 Å². The molecular weight excluding hydrogens is 438 g/mol. The summed E-state index contributed by atoms with van der Waals surface area (Å²) in [4.78, 5) is 2.24. The SMILES string of the molecule is CN(C)c1c(-c2cc(C(C)(C)C)cc(C(C)(C)C)c2)ccc2oc3cccc(-c4ccccc4)c3c12. The fraction of sp³-hybridized carbons (Fsp3) is 0.294. The van der Waals surface area contributed by atoms with Gasteiger partial charge in [-0.25, -0.2) is 0 Å². The van der Waals surface area contributed by atoms with Crippen LogP contribution in [0.5, 0.6) is 0 Å². The maximum Gasteiger partial charge on any atom is 0.137 e. The summed E-state index contributed by atoms with van der Waals surface area (Å²) in [6, 6.07) is 28.5. The molecule has 1 aromatic heterocycles. The lowest BCUT2D eigenvalue weighted by molar-refractivity contribution is 0.569. The van der Waals surface area contributed by atoms with Crippen molar-refractivity contribution in [3.8, 4) is 22.3 Å². The molecule has 0 aliphatic heterocycles. The highest BCUT2D eigenvalue weighted by Gasteiger charge is 2.24. The highest BCUT2D eigenvalue weighted by atomic mass is 16.3. The Kier molecular flexibility index (Phi) is 5.75. The number of rotatable bonds is 3. The van der Waals surface area contributed by atoms with Crippen molar-refractivity contribution >= 4 is 27.6 Å². The minimum atomic E-state index is 0.0568. The summed E-state index contributed by atoms with van der Waals surface area (Å²) < 4.78 is 6.43. The van der Waals surface area contributed by atoms with Crippen molar-refractivity contribution < 1.29 is 4.42 Å². The van der Waals surface area contributed by atoms with Crippen LogP contribution in [-0.2, 0) is 10.8 Å². The normalized spacial score (nSPS) is 12.4. The highest BCUT2D eigenvalue weighted by molar-refractivity contribution is 6.19. The minimum Gasteiger partial charge on any atom is -0.456 e. The summed E-state index contributed by atoms with van der Waals surface area (Å²) in [6.45, 7) is 13.8. The highest BCUT2D eigenvalue weighted by Crippen LogP contribution is 2.46. The van der Waals surface area contributed by atoms with Gasteiger partial charge in [0.2, 0.25) is 0 Å². The second-order valence-corrected chi connectivity index (χ2v) is 12.2. The Hall–Kier alpha value is -3.52. The first kappa shape index (κ1) is 24.2. The molecule has 0 aliphatic rings. The largest absolute Gasteiger partial charge is 0.456 e. The van der Waals surface area contributed by atoms with Crippen molar-refractivity contribution in [2.24, 2.45) is 0 Å². The van der Waals surface area contributed by atoms with Gasteiger partial charge in [0, 0.05) is 25.0 Å². The van der Waals surface area contributed by atoms with Crippen molar-refractivity contribution in [2.45, 2.75) is 52.4 Å². The molecule has 0 unspecified atom stereocenters. The summed E-state index contributed by atoms with van der Waals surface area (Å²) in [5.74, 6) is 0. The maximum absolute atomic E-state index is 6.43. The van der Waals surface area contributed by atoms with Crippen LogP contribution < -0.4 is 4.90 Å². The molecule has 0 atom stereocenters. The lowest BCUT2D eigenvalue weighted by atomic mass is 9.78. The average molecular weight is 476 g/mol. The van der Waals surface area contributed by atoms with Crippen LogP contribution in [0.25, 0.3) is 44.2 Å². The zero-order valence-electron chi connectivity index (χ0n) is 22.9. The van der Waals surface area contributed by atoms with Crippen LogP contribution in [0.2, 0.25) is 0 Å². The fourth-order valence-electron chi connectivity index (χ4n) is 5.10. The van der Waals surface area contributed by atoms with Crippen molar-refractivity contribution in [2.75, 3.05) is 19.0 Å². The molecule has 1 heterocycles. The monoisotopic (exact) mass is 475 g/mol. The first-order valence-corrected chi connectivity index (χ1v) is 12.8. The van der Waals surface area contributed by atoms with Gasteiger partial charge in [-0.3, -0.25) is 0 Å². The third kappa shape index (κ3) is 4.19. The number of furan rings is 1. The molecule has 5 rings (SSSR count). The van der Waals surface area contributed by atoms with Crippen LogP contribution >= 0.6 is 0 Å². The Labute approximate surface area is 215 Å². The van der Waals surface area contributed by atoms with Crippen LogP contribution in [0.1, 0.15) is 52.7 Å². The number of anilines is 1. The van der Waals surface area contributed by atoms with E-state index in [2.05, 4.69) is 139 Å². The first-order valence-electron chi connectivity index (χ1n) is 12.8. The molecule has 0 aliphatic carbocycles. The van der Waals surface area contributed by atoms with Gasteiger partial charge >= 0.3 is 0 Å². The summed E-state index contributed by atoms with van der Waals surface area (Å²) in [6.07, 6.45) is 0. The van der Waals surface area contributed by atoms with E-state index in [-0.39, 0.29) is 10.8 Å². The molecule has 0 saturated carbocycles. The van der Waals surface area contributed by atoms with E-state index < -0.39 is 0 Å². The molecule has 2 nitrogen and oxygen atoms in total. The molecule has 184 valence electrons. The molecule has 0 saturated heterocycles. The third-order valence-corrected chi connectivity index (χ3v) is 7.14. The maximum atomic E-state index is 6.43. The van der Waals surface area contributed by atoms with Gasteiger partial charge in [0.05, 0.1) is 11.1 Å². The lowest BCUT2D eigenvalue weighted by Crippen LogP contribution is -2.17. The molecule has 0 N–H and O–H groups in total. The van der Waals surface area contributed by atoms with Gasteiger partial charge in [-0.2, -0.15) is 0 Å². The van der Waals surface area contributed by atoms with E-state index in [1.807, 2.05) is 0 Å². The molecular formula is C34H37NO. The summed E-state index contributed by atoms with van der Waals surface area (Å²) in [5, 5.41) is 2.35. The standard InChI is InChI=1S/C34H37NO/c1-33(2,3)24-19-23(20-25(21-24)34(4,5)6)27-17-18-29-31(32(27)35(7)8)30-26(15-12-16-28(30)36-29)22-13-10-9-11-14-22/h9-21H,1-8H3. The Morgan fingerprint density at radius 1 is 0.556 bits per heavy atom. The zero-order valence-corrected chi connectivity index (χ0v) is 22.9. The first-order chi connectivity index (χ1) is 16.9. The van der Waals surface area contributed by atoms with Gasteiger partial charge in [0.15, 0.2) is 0 Å². The molecule has 4 aromatic carbocycles. The Morgan fingerprint density at radius 2 is 1.17 bits per heavy atom. The molecule has 5 aromatic rings. The fourth-order valence-corrected chi connectivity index (χ4v) is 5.10. The Bertz CT molecular complexity index is 1520. The molecule has 0 amide bonds. The van der Waals surface area contributed by atoms with E-state index in [9.17, 15) is 0 Å². The van der Waals surface area contributed by atoms with E-state index in [4.69, 9.17) is 4.42 Å². The van der Waals surface area contributed by atoms with E-state index >= 15 is 0 Å². The van der Waals surface area contributed by atoms with Crippen LogP contribution in [0, 0.1) is 0 Å². The second kappa shape index (κ2) is 8.55. The van der Waals surface area contributed by atoms with Crippen LogP contribution in [-0.4, -0.2) is 14.1 Å². The molecule has 36 heavy (non-hydrogen) atoms. The lowest BCUT2D eigenvalue weighted by Gasteiger charge is -2.27. The number of benzene rings is 4. The summed E-state index contributed by atoms with van der Waals surface area (Å²) in [5.41, 5.74) is 10.8. The van der Waals surface area contributed by atoms with Crippen LogP contribution in [0.3, 0.4) is 0 Å². The molecule has 0 fully saturated rings. The van der Waals surface area contributed by atoms with Gasteiger partial charge in [0.25, 0.3) is 0 Å². The topological polar surface area (TPSA) is 16.4 Å². The van der Waals surface area contributed by atoms with Crippen molar-refractivity contribution in [1.82, 2.24) is 0 Å². The minimum absolute atomic E-state index is 0.0568. The number of nitrogens with zero attached hydrogens (tertiary/aromatic N) is 1. The zero-order chi connectivity index (χ0) is 25.8. The third-order valence-electron chi connectivity index (χ3n) is 7.14. The Morgan fingerprint density at radius 3 is 1.75 bits per heavy atom. The van der Waals surface area contributed by atoms with Crippen molar-refractivity contribution in [3.05, 3.63) is 90.0 Å². The van der Waals surface area contributed by atoms with E-state index in [0.717, 1.165) is 11.2 Å². The van der Waals surface area contributed by atoms with E-state index in [1.54, 1.807) is 0 Å². The van der Waals surface area contributed by atoms with Gasteiger partial charge in [0.1, 0.15) is 11.2 Å². The molecule has 0 radical (unpaired) electrons. The van der Waals surface area contributed by atoms with Crippen molar-refractivity contribution in [3.63, 3.8) is 0 Å². The van der Waals surface area contributed by atoms with Crippen LogP contribution in [0.15, 0.2) is 83.3 Å². The number of hydrogen-bond acceptors (Lipinski definition) is 2. The van der Waals surface area contributed by atoms with E-state index in [1.165, 1.54) is 49.8 Å². The van der Waals surface area contributed by atoms with Gasteiger partial charge < -0.3 is 9.32 Å². The average Bonchev–Trinajstić information content (AvgIpc) is 3.21. The summed E-state index contributed by atoms with van der Waals surface area (Å²) >= 11 is 0. The molecule has 0 bridgehead atoms. The number of fused-ring (bicyclic) bond motifs is 3. The molecule has 2 heteroatoms. The quantitative estimate of drug-likeness (QED) is 0.258. The predicted octanol–water partition coefficient (Wildman–Crippen LogP) is 9.58. The summed E-state index contributed by atoms with van der Waals surface area (Å²) in [7, 11) is 4.28.